The van der Waals surface area contributed by atoms with Crippen molar-refractivity contribution >= 4 is 23.4 Å². The van der Waals surface area contributed by atoms with E-state index < -0.39 is 12.0 Å². The van der Waals surface area contributed by atoms with Crippen LogP contribution in [0.1, 0.15) is 37.6 Å². The Hall–Kier alpha value is -2.96. The van der Waals surface area contributed by atoms with Crippen LogP contribution in [-0.2, 0) is 11.2 Å². The van der Waals surface area contributed by atoms with E-state index in [1.54, 1.807) is 12.1 Å². The Morgan fingerprint density at radius 2 is 1.89 bits per heavy atom. The molecule has 1 atom stereocenters. The molecular formula is C20H22FN3O3. The van der Waals surface area contributed by atoms with Gasteiger partial charge in [0.1, 0.15) is 5.82 Å². The van der Waals surface area contributed by atoms with Crippen molar-refractivity contribution in [3.8, 4) is 0 Å². The summed E-state index contributed by atoms with van der Waals surface area (Å²) in [4.78, 5) is 30.1. The van der Waals surface area contributed by atoms with E-state index in [2.05, 4.69) is 10.3 Å². The highest BCUT2D eigenvalue weighted by molar-refractivity contribution is 5.96. The monoisotopic (exact) mass is 371 g/mol. The third-order valence-electron chi connectivity index (χ3n) is 4.67. The number of fused-ring (bicyclic) bond motifs is 1. The van der Waals surface area contributed by atoms with Crippen molar-refractivity contribution in [1.82, 2.24) is 4.98 Å². The number of benzene rings is 1. The number of halogens is 1. The van der Waals surface area contributed by atoms with Crippen LogP contribution < -0.4 is 10.2 Å². The first kappa shape index (κ1) is 18.8. The molecule has 2 amide bonds. The normalized spacial score (nSPS) is 14.6. The minimum absolute atomic E-state index is 0.0184. The van der Waals surface area contributed by atoms with Gasteiger partial charge in [-0.1, -0.05) is 13.8 Å². The zero-order valence-corrected chi connectivity index (χ0v) is 15.3. The zero-order valence-electron chi connectivity index (χ0n) is 15.3. The second-order valence-corrected chi connectivity index (χ2v) is 6.96. The number of carboxylic acid groups (broad SMARTS) is 1. The number of amides is 2. The van der Waals surface area contributed by atoms with Crippen LogP contribution in [0, 0.1) is 11.7 Å². The number of anilines is 2. The van der Waals surface area contributed by atoms with E-state index in [0.717, 1.165) is 0 Å². The summed E-state index contributed by atoms with van der Waals surface area (Å²) in [5.74, 6) is -1.11. The van der Waals surface area contributed by atoms with Gasteiger partial charge in [0.25, 0.3) is 0 Å². The molecule has 1 aromatic carbocycles. The van der Waals surface area contributed by atoms with Crippen molar-refractivity contribution in [2.45, 2.75) is 32.6 Å². The Morgan fingerprint density at radius 3 is 2.52 bits per heavy atom. The summed E-state index contributed by atoms with van der Waals surface area (Å²) in [6.07, 6.45) is 0.376. The van der Waals surface area contributed by atoms with Gasteiger partial charge in [0.15, 0.2) is 0 Å². The maximum absolute atomic E-state index is 13.1. The van der Waals surface area contributed by atoms with Crippen molar-refractivity contribution in [3.63, 3.8) is 0 Å². The van der Waals surface area contributed by atoms with Crippen LogP contribution in [0.15, 0.2) is 36.4 Å². The second kappa shape index (κ2) is 7.73. The molecule has 27 heavy (non-hydrogen) atoms. The maximum Gasteiger partial charge on any atom is 0.411 e. The number of hydrogen-bond donors (Lipinski definition) is 2. The van der Waals surface area contributed by atoms with E-state index in [9.17, 15) is 19.1 Å². The highest BCUT2D eigenvalue weighted by atomic mass is 19.1. The minimum atomic E-state index is -1.00. The lowest BCUT2D eigenvalue weighted by atomic mass is 9.90. The molecule has 1 aliphatic heterocycles. The molecule has 7 heteroatoms. The number of aromatic nitrogens is 1. The molecule has 0 radical (unpaired) electrons. The number of pyridine rings is 1. The van der Waals surface area contributed by atoms with Crippen molar-refractivity contribution in [2.24, 2.45) is 5.92 Å². The van der Waals surface area contributed by atoms with E-state index >= 15 is 0 Å². The summed E-state index contributed by atoms with van der Waals surface area (Å²) in [5, 5.41) is 12.1. The predicted octanol–water partition coefficient (Wildman–Crippen LogP) is 4.03. The number of carbonyl (C=O) groups excluding carboxylic acids is 1. The highest BCUT2D eigenvalue weighted by Gasteiger charge is 2.29. The van der Waals surface area contributed by atoms with Gasteiger partial charge in [-0.3, -0.25) is 14.7 Å². The summed E-state index contributed by atoms with van der Waals surface area (Å²) in [6, 6.07) is 9.04. The molecule has 0 spiro atoms. The number of nitrogens with zero attached hydrogens (tertiary/aromatic N) is 2. The van der Waals surface area contributed by atoms with Crippen LogP contribution in [0.25, 0.3) is 0 Å². The smallest absolute Gasteiger partial charge is 0.411 e. The molecule has 1 aromatic heterocycles. The van der Waals surface area contributed by atoms with Crippen LogP contribution in [0.2, 0.25) is 0 Å². The molecule has 1 unspecified atom stereocenters. The van der Waals surface area contributed by atoms with Gasteiger partial charge >= 0.3 is 6.09 Å². The van der Waals surface area contributed by atoms with E-state index in [1.165, 1.54) is 29.2 Å². The third-order valence-corrected chi connectivity index (χ3v) is 4.67. The van der Waals surface area contributed by atoms with Crippen molar-refractivity contribution in [1.29, 1.82) is 0 Å². The molecular weight excluding hydrogens is 349 g/mol. The SMILES string of the molecule is CC(C)C(C(=O)Nc1ccc(F)cc1)c1ccc2c(n1)CCCN2C(=O)O. The molecule has 142 valence electrons. The summed E-state index contributed by atoms with van der Waals surface area (Å²) in [7, 11) is 0. The molecule has 2 aromatic rings. The van der Waals surface area contributed by atoms with E-state index in [0.29, 0.717) is 42.1 Å². The van der Waals surface area contributed by atoms with Crippen molar-refractivity contribution < 1.29 is 19.1 Å². The topological polar surface area (TPSA) is 82.5 Å². The van der Waals surface area contributed by atoms with Gasteiger partial charge in [0.2, 0.25) is 5.91 Å². The first-order valence-electron chi connectivity index (χ1n) is 8.93. The lowest BCUT2D eigenvalue weighted by Crippen LogP contribution is -2.35. The minimum Gasteiger partial charge on any atom is -0.465 e. The standard InChI is InChI=1S/C20H22FN3O3/c1-12(2)18(19(25)22-14-7-5-13(21)6-8-14)16-9-10-17-15(23-16)4-3-11-24(17)20(26)27/h5-10,12,18H,3-4,11H2,1-2H3,(H,22,25)(H,26,27). The first-order chi connectivity index (χ1) is 12.9. The van der Waals surface area contributed by atoms with Crippen LogP contribution in [0.5, 0.6) is 0 Å². The number of hydrogen-bond acceptors (Lipinski definition) is 3. The number of rotatable bonds is 4. The average molecular weight is 371 g/mol. The Bertz CT molecular complexity index is 852. The molecule has 0 saturated carbocycles. The van der Waals surface area contributed by atoms with Crippen molar-refractivity contribution in [2.75, 3.05) is 16.8 Å². The molecule has 2 heterocycles. The lowest BCUT2D eigenvalue weighted by molar-refractivity contribution is -0.118. The van der Waals surface area contributed by atoms with Gasteiger partial charge in [-0.2, -0.15) is 0 Å². The van der Waals surface area contributed by atoms with Gasteiger partial charge in [-0.15, -0.1) is 0 Å². The highest BCUT2D eigenvalue weighted by Crippen LogP contribution is 2.31. The fourth-order valence-electron chi connectivity index (χ4n) is 3.37. The summed E-state index contributed by atoms with van der Waals surface area (Å²) < 4.78 is 13.1. The molecule has 3 rings (SSSR count). The predicted molar refractivity (Wildman–Crippen MR) is 101 cm³/mol. The lowest BCUT2D eigenvalue weighted by Gasteiger charge is -2.28. The Labute approximate surface area is 157 Å². The van der Waals surface area contributed by atoms with Gasteiger partial charge in [-0.05, 0) is 55.2 Å². The quantitative estimate of drug-likeness (QED) is 0.850. The van der Waals surface area contributed by atoms with Gasteiger partial charge in [0.05, 0.1) is 23.0 Å². The molecule has 1 aliphatic rings. The first-order valence-corrected chi connectivity index (χ1v) is 8.93. The van der Waals surface area contributed by atoms with E-state index in [4.69, 9.17) is 0 Å². The molecule has 0 saturated heterocycles. The molecule has 0 fully saturated rings. The van der Waals surface area contributed by atoms with Gasteiger partial charge < -0.3 is 10.4 Å². The largest absolute Gasteiger partial charge is 0.465 e. The zero-order chi connectivity index (χ0) is 19.6. The Kier molecular flexibility index (Phi) is 5.39. The van der Waals surface area contributed by atoms with Gasteiger partial charge in [0, 0.05) is 12.2 Å². The Balaban J connectivity index is 1.87. The number of carbonyl (C=O) groups is 2. The summed E-state index contributed by atoms with van der Waals surface area (Å²) >= 11 is 0. The van der Waals surface area contributed by atoms with E-state index in [1.807, 2.05) is 13.8 Å². The summed E-state index contributed by atoms with van der Waals surface area (Å²) in [6.45, 7) is 4.31. The van der Waals surface area contributed by atoms with Gasteiger partial charge in [-0.25, -0.2) is 9.18 Å². The molecule has 0 aliphatic carbocycles. The summed E-state index contributed by atoms with van der Waals surface area (Å²) in [5.41, 5.74) is 2.40. The van der Waals surface area contributed by atoms with Crippen LogP contribution in [-0.4, -0.2) is 28.6 Å². The fourth-order valence-corrected chi connectivity index (χ4v) is 3.37. The fraction of sp³-hybridized carbons (Fsp3) is 0.350. The van der Waals surface area contributed by atoms with Crippen LogP contribution in [0.4, 0.5) is 20.6 Å². The number of aryl methyl sites for hydroxylation is 1. The maximum atomic E-state index is 13.1. The molecule has 2 N–H and O–H groups in total. The van der Waals surface area contributed by atoms with Crippen molar-refractivity contribution in [3.05, 3.63) is 53.6 Å². The van der Waals surface area contributed by atoms with Crippen LogP contribution in [0.3, 0.4) is 0 Å². The van der Waals surface area contributed by atoms with E-state index in [-0.39, 0.29) is 17.6 Å². The number of nitrogens with one attached hydrogen (secondary N) is 1. The average Bonchev–Trinajstić information content (AvgIpc) is 2.62. The molecule has 6 nitrogen and oxygen atoms in total. The molecule has 0 bridgehead atoms. The second-order valence-electron chi connectivity index (χ2n) is 6.96. The third kappa shape index (κ3) is 4.07. The Morgan fingerprint density at radius 1 is 1.19 bits per heavy atom. The van der Waals surface area contributed by atoms with Crippen LogP contribution >= 0.6 is 0 Å².